The minimum Gasteiger partial charge on any atom is -0.416 e. The van der Waals surface area contributed by atoms with Gasteiger partial charge >= 0.3 is 0 Å². The largest absolute Gasteiger partial charge is 0.416 e. The molecule has 0 unspecified atom stereocenters. The molecule has 5 nitrogen and oxygen atoms in total. The van der Waals surface area contributed by atoms with Gasteiger partial charge in [0.15, 0.2) is 0 Å². The van der Waals surface area contributed by atoms with Crippen molar-refractivity contribution in [1.82, 2.24) is 15.5 Å². The van der Waals surface area contributed by atoms with Crippen LogP contribution in [-0.2, 0) is 6.42 Å². The molecule has 1 aromatic heterocycles. The van der Waals surface area contributed by atoms with Gasteiger partial charge in [0.1, 0.15) is 5.82 Å². The molecule has 4 rings (SSSR count). The van der Waals surface area contributed by atoms with Crippen LogP contribution in [0.25, 0.3) is 22.9 Å². The molecule has 150 valence electrons. The van der Waals surface area contributed by atoms with Crippen molar-refractivity contribution in [1.29, 1.82) is 0 Å². The third-order valence-electron chi connectivity index (χ3n) is 4.78. The lowest BCUT2D eigenvalue weighted by Crippen LogP contribution is -2.25. The molecular formula is C24H20FN3O2. The van der Waals surface area contributed by atoms with Crippen LogP contribution in [0, 0.1) is 12.7 Å². The normalized spacial score (nSPS) is 10.7. The molecule has 0 radical (unpaired) electrons. The number of hydrogen-bond acceptors (Lipinski definition) is 4. The summed E-state index contributed by atoms with van der Waals surface area (Å²) in [4.78, 5) is 12.3. The smallest absolute Gasteiger partial charge is 0.251 e. The number of halogens is 1. The molecule has 3 aromatic carbocycles. The highest BCUT2D eigenvalue weighted by Crippen LogP contribution is 2.26. The number of benzene rings is 3. The van der Waals surface area contributed by atoms with Gasteiger partial charge in [-0.25, -0.2) is 4.39 Å². The van der Waals surface area contributed by atoms with Gasteiger partial charge in [0.2, 0.25) is 11.8 Å². The number of rotatable bonds is 6. The first-order chi connectivity index (χ1) is 14.6. The Morgan fingerprint density at radius 1 is 0.967 bits per heavy atom. The molecule has 0 saturated carbocycles. The zero-order chi connectivity index (χ0) is 20.9. The number of carbonyl (C=O) groups is 1. The number of amides is 1. The van der Waals surface area contributed by atoms with E-state index in [2.05, 4.69) is 15.5 Å². The van der Waals surface area contributed by atoms with E-state index in [1.54, 1.807) is 30.3 Å². The van der Waals surface area contributed by atoms with E-state index in [0.717, 1.165) is 22.3 Å². The third kappa shape index (κ3) is 4.43. The molecule has 0 saturated heterocycles. The Morgan fingerprint density at radius 3 is 2.50 bits per heavy atom. The van der Waals surface area contributed by atoms with Crippen LogP contribution in [0.4, 0.5) is 4.39 Å². The Kier molecular flexibility index (Phi) is 5.66. The maximum Gasteiger partial charge on any atom is 0.251 e. The first kappa shape index (κ1) is 19.5. The summed E-state index contributed by atoms with van der Waals surface area (Å²) in [6.45, 7) is 2.41. The quantitative estimate of drug-likeness (QED) is 0.503. The van der Waals surface area contributed by atoms with E-state index in [4.69, 9.17) is 4.42 Å². The topological polar surface area (TPSA) is 68.0 Å². The van der Waals surface area contributed by atoms with Gasteiger partial charge in [-0.2, -0.15) is 0 Å². The first-order valence-electron chi connectivity index (χ1n) is 9.63. The molecular weight excluding hydrogens is 381 g/mol. The van der Waals surface area contributed by atoms with E-state index in [1.807, 2.05) is 37.3 Å². The summed E-state index contributed by atoms with van der Waals surface area (Å²) in [6, 6.07) is 21.1. The maximum absolute atomic E-state index is 13.2. The first-order valence-corrected chi connectivity index (χ1v) is 9.63. The molecule has 30 heavy (non-hydrogen) atoms. The molecule has 0 aliphatic heterocycles. The van der Waals surface area contributed by atoms with Crippen LogP contribution < -0.4 is 5.32 Å². The van der Waals surface area contributed by atoms with E-state index in [9.17, 15) is 9.18 Å². The number of nitrogens with zero attached hydrogens (tertiary/aromatic N) is 2. The zero-order valence-corrected chi connectivity index (χ0v) is 16.4. The van der Waals surface area contributed by atoms with Crippen LogP contribution in [0.1, 0.15) is 21.5 Å². The third-order valence-corrected chi connectivity index (χ3v) is 4.78. The summed E-state index contributed by atoms with van der Waals surface area (Å²) in [5.74, 6) is 0.388. The molecule has 0 aliphatic carbocycles. The fraction of sp³-hybridized carbons (Fsp3) is 0.125. The average Bonchev–Trinajstić information content (AvgIpc) is 3.24. The van der Waals surface area contributed by atoms with Crippen LogP contribution in [0.2, 0.25) is 0 Å². The van der Waals surface area contributed by atoms with E-state index < -0.39 is 0 Å². The van der Waals surface area contributed by atoms with Crippen molar-refractivity contribution in [3.8, 4) is 22.9 Å². The van der Waals surface area contributed by atoms with Crippen molar-refractivity contribution in [3.63, 3.8) is 0 Å². The molecule has 1 heterocycles. The van der Waals surface area contributed by atoms with Crippen LogP contribution in [-0.4, -0.2) is 22.6 Å². The van der Waals surface area contributed by atoms with Crippen LogP contribution in [0.5, 0.6) is 0 Å². The minimum absolute atomic E-state index is 0.191. The maximum atomic E-state index is 13.2. The Bertz CT molecular complexity index is 1170. The van der Waals surface area contributed by atoms with Crippen molar-refractivity contribution >= 4 is 5.91 Å². The van der Waals surface area contributed by atoms with Crippen molar-refractivity contribution in [2.75, 3.05) is 6.54 Å². The number of carbonyl (C=O) groups excluding carboxylic acids is 1. The SMILES string of the molecule is Cc1ccccc1-c1nnc(-c2ccc(C(=O)NCCc3cccc(F)c3)cc2)o1. The molecule has 6 heteroatoms. The lowest BCUT2D eigenvalue weighted by Gasteiger charge is -2.06. The number of hydrogen-bond donors (Lipinski definition) is 1. The number of aryl methyl sites for hydroxylation is 1. The molecule has 0 fully saturated rings. The summed E-state index contributed by atoms with van der Waals surface area (Å²) in [6.07, 6.45) is 0.561. The van der Waals surface area contributed by atoms with Gasteiger partial charge in [-0.3, -0.25) is 4.79 Å². The highest BCUT2D eigenvalue weighted by Gasteiger charge is 2.13. The highest BCUT2D eigenvalue weighted by molar-refractivity contribution is 5.94. The second-order valence-corrected chi connectivity index (χ2v) is 6.94. The van der Waals surface area contributed by atoms with Gasteiger partial charge in [0, 0.05) is 23.2 Å². The Balaban J connectivity index is 1.39. The van der Waals surface area contributed by atoms with E-state index in [1.165, 1.54) is 12.1 Å². The molecule has 1 amide bonds. The summed E-state index contributed by atoms with van der Waals surface area (Å²) >= 11 is 0. The summed E-state index contributed by atoms with van der Waals surface area (Å²) < 4.78 is 19.0. The lowest BCUT2D eigenvalue weighted by molar-refractivity contribution is 0.0954. The Morgan fingerprint density at radius 2 is 1.73 bits per heavy atom. The fourth-order valence-electron chi connectivity index (χ4n) is 3.14. The monoisotopic (exact) mass is 401 g/mol. The zero-order valence-electron chi connectivity index (χ0n) is 16.4. The fourth-order valence-corrected chi connectivity index (χ4v) is 3.14. The van der Waals surface area contributed by atoms with E-state index >= 15 is 0 Å². The van der Waals surface area contributed by atoms with Gasteiger partial charge < -0.3 is 9.73 Å². The van der Waals surface area contributed by atoms with Crippen molar-refractivity contribution < 1.29 is 13.6 Å². The summed E-state index contributed by atoms with van der Waals surface area (Å²) in [5, 5.41) is 11.1. The summed E-state index contributed by atoms with van der Waals surface area (Å²) in [7, 11) is 0. The molecule has 1 N–H and O–H groups in total. The van der Waals surface area contributed by atoms with Crippen molar-refractivity contribution in [2.45, 2.75) is 13.3 Å². The molecule has 0 spiro atoms. The number of aromatic nitrogens is 2. The molecule has 0 bridgehead atoms. The lowest BCUT2D eigenvalue weighted by atomic mass is 10.1. The van der Waals surface area contributed by atoms with E-state index in [-0.39, 0.29) is 11.7 Å². The highest BCUT2D eigenvalue weighted by atomic mass is 19.1. The molecule has 4 aromatic rings. The van der Waals surface area contributed by atoms with Crippen LogP contribution in [0.3, 0.4) is 0 Å². The predicted octanol–water partition coefficient (Wildman–Crippen LogP) is 4.82. The van der Waals surface area contributed by atoms with Gasteiger partial charge in [0.05, 0.1) is 0 Å². The van der Waals surface area contributed by atoms with Crippen molar-refractivity contribution in [3.05, 3.63) is 95.3 Å². The van der Waals surface area contributed by atoms with Gasteiger partial charge in [-0.1, -0.05) is 30.3 Å². The Hall–Kier alpha value is -3.80. The van der Waals surface area contributed by atoms with E-state index in [0.29, 0.717) is 30.3 Å². The average molecular weight is 401 g/mol. The van der Waals surface area contributed by atoms with Crippen molar-refractivity contribution in [2.24, 2.45) is 0 Å². The predicted molar refractivity (Wildman–Crippen MR) is 112 cm³/mol. The standard InChI is InChI=1S/C24H20FN3O2/c1-16-5-2-3-8-21(16)24-28-27-23(30-24)19-11-9-18(10-12-19)22(29)26-14-13-17-6-4-7-20(25)15-17/h2-12,15H,13-14H2,1H3,(H,26,29). The van der Waals surface area contributed by atoms with Crippen LogP contribution >= 0.6 is 0 Å². The minimum atomic E-state index is -0.277. The Labute approximate surface area is 173 Å². The molecule has 0 atom stereocenters. The van der Waals surface area contributed by atoms with Gasteiger partial charge in [0.25, 0.3) is 5.91 Å². The summed E-state index contributed by atoms with van der Waals surface area (Å²) in [5.41, 5.74) is 4.05. The second kappa shape index (κ2) is 8.69. The van der Waals surface area contributed by atoms with Gasteiger partial charge in [-0.15, -0.1) is 10.2 Å². The van der Waals surface area contributed by atoms with Gasteiger partial charge in [-0.05, 0) is 66.9 Å². The van der Waals surface area contributed by atoms with Crippen LogP contribution in [0.15, 0.2) is 77.2 Å². The molecule has 0 aliphatic rings. The number of nitrogens with one attached hydrogen (secondary N) is 1. The second-order valence-electron chi connectivity index (χ2n) is 6.94.